The van der Waals surface area contributed by atoms with Crippen molar-refractivity contribution in [2.24, 2.45) is 17.6 Å². The molecular formula is C15H20N2O3. The first kappa shape index (κ1) is 14.5. The van der Waals surface area contributed by atoms with Gasteiger partial charge in [-0.25, -0.2) is 0 Å². The minimum absolute atomic E-state index is 0.0227. The van der Waals surface area contributed by atoms with E-state index in [2.05, 4.69) is 0 Å². The molecule has 20 heavy (non-hydrogen) atoms. The third-order valence-electron chi connectivity index (χ3n) is 3.85. The molecule has 0 bridgehead atoms. The Bertz CT molecular complexity index is 516. The van der Waals surface area contributed by atoms with E-state index in [1.165, 1.54) is 0 Å². The molecule has 0 spiro atoms. The standard InChI is InChI=1S/C15H20N2O3/c1-10-5-3-4-6-12(10)15(19)17-7-11(9-20-2)13(8-17)14(16)18/h3-6,11,13H,7-9H2,1-2H3,(H2,16,18)/t11-,13+/m0/s1. The quantitative estimate of drug-likeness (QED) is 0.884. The lowest BCUT2D eigenvalue weighted by atomic mass is 9.96. The van der Waals surface area contributed by atoms with Gasteiger partial charge in [0.15, 0.2) is 0 Å². The van der Waals surface area contributed by atoms with Gasteiger partial charge < -0.3 is 15.4 Å². The zero-order valence-electron chi connectivity index (χ0n) is 11.8. The molecule has 1 aromatic carbocycles. The van der Waals surface area contributed by atoms with E-state index in [9.17, 15) is 9.59 Å². The maximum Gasteiger partial charge on any atom is 0.254 e. The molecule has 5 nitrogen and oxygen atoms in total. The van der Waals surface area contributed by atoms with Crippen molar-refractivity contribution in [1.82, 2.24) is 4.90 Å². The first-order chi connectivity index (χ1) is 9.54. The monoisotopic (exact) mass is 276 g/mol. The Labute approximate surface area is 118 Å². The zero-order valence-corrected chi connectivity index (χ0v) is 11.8. The molecule has 1 aromatic rings. The molecule has 0 saturated carbocycles. The molecule has 5 heteroatoms. The molecule has 0 aromatic heterocycles. The molecule has 2 atom stereocenters. The predicted molar refractivity (Wildman–Crippen MR) is 75.1 cm³/mol. The summed E-state index contributed by atoms with van der Waals surface area (Å²) in [4.78, 5) is 25.7. The van der Waals surface area contributed by atoms with Crippen LogP contribution < -0.4 is 5.73 Å². The zero-order chi connectivity index (χ0) is 14.7. The summed E-state index contributed by atoms with van der Waals surface area (Å²) >= 11 is 0. The van der Waals surface area contributed by atoms with Crippen LogP contribution in [0.5, 0.6) is 0 Å². The summed E-state index contributed by atoms with van der Waals surface area (Å²) in [5.74, 6) is -0.770. The smallest absolute Gasteiger partial charge is 0.254 e. The van der Waals surface area contributed by atoms with Crippen molar-refractivity contribution in [1.29, 1.82) is 0 Å². The fourth-order valence-electron chi connectivity index (χ4n) is 2.73. The van der Waals surface area contributed by atoms with E-state index in [1.807, 2.05) is 25.1 Å². The van der Waals surface area contributed by atoms with Gasteiger partial charge in [-0.3, -0.25) is 9.59 Å². The van der Waals surface area contributed by atoms with E-state index in [-0.39, 0.29) is 23.7 Å². The lowest BCUT2D eigenvalue weighted by Crippen LogP contribution is -2.32. The van der Waals surface area contributed by atoms with Crippen molar-refractivity contribution in [2.75, 3.05) is 26.8 Å². The Balaban J connectivity index is 2.16. The maximum absolute atomic E-state index is 12.5. The highest BCUT2D eigenvalue weighted by atomic mass is 16.5. The number of hydrogen-bond acceptors (Lipinski definition) is 3. The normalized spacial score (nSPS) is 22.0. The molecule has 108 valence electrons. The summed E-state index contributed by atoms with van der Waals surface area (Å²) < 4.78 is 5.12. The van der Waals surface area contributed by atoms with Crippen LogP contribution in [0.1, 0.15) is 15.9 Å². The molecule has 2 rings (SSSR count). The van der Waals surface area contributed by atoms with E-state index >= 15 is 0 Å². The van der Waals surface area contributed by atoms with E-state index in [1.54, 1.807) is 18.1 Å². The molecule has 1 heterocycles. The van der Waals surface area contributed by atoms with Gasteiger partial charge in [0.2, 0.25) is 5.91 Å². The molecule has 1 saturated heterocycles. The van der Waals surface area contributed by atoms with Gasteiger partial charge in [-0.15, -0.1) is 0 Å². The van der Waals surface area contributed by atoms with Crippen LogP contribution in [-0.2, 0) is 9.53 Å². The van der Waals surface area contributed by atoms with Gasteiger partial charge in [-0.1, -0.05) is 18.2 Å². The molecule has 0 aliphatic carbocycles. The molecule has 1 aliphatic rings. The minimum Gasteiger partial charge on any atom is -0.384 e. The fraction of sp³-hybridized carbons (Fsp3) is 0.467. The lowest BCUT2D eigenvalue weighted by Gasteiger charge is -2.17. The van der Waals surface area contributed by atoms with Gasteiger partial charge in [-0.05, 0) is 18.6 Å². The SMILES string of the molecule is COC[C@@H]1CN(C(=O)c2ccccc2C)C[C@H]1C(N)=O. The van der Waals surface area contributed by atoms with Gasteiger partial charge >= 0.3 is 0 Å². The van der Waals surface area contributed by atoms with E-state index in [0.717, 1.165) is 5.56 Å². The highest BCUT2D eigenvalue weighted by Gasteiger charge is 2.38. The first-order valence-electron chi connectivity index (χ1n) is 6.67. The Kier molecular flexibility index (Phi) is 4.39. The number of aryl methyl sites for hydroxylation is 1. The number of nitrogens with zero attached hydrogens (tertiary/aromatic N) is 1. The fourth-order valence-corrected chi connectivity index (χ4v) is 2.73. The second kappa shape index (κ2) is 6.05. The molecule has 0 radical (unpaired) electrons. The molecule has 1 aliphatic heterocycles. The van der Waals surface area contributed by atoms with Gasteiger partial charge in [0, 0.05) is 31.7 Å². The first-order valence-corrected chi connectivity index (χ1v) is 6.67. The number of methoxy groups -OCH3 is 1. The average molecular weight is 276 g/mol. The second-order valence-electron chi connectivity index (χ2n) is 5.25. The van der Waals surface area contributed by atoms with Crippen LogP contribution in [0.15, 0.2) is 24.3 Å². The molecule has 2 amide bonds. The van der Waals surface area contributed by atoms with Crippen molar-refractivity contribution < 1.29 is 14.3 Å². The van der Waals surface area contributed by atoms with Gasteiger partial charge in [0.05, 0.1) is 12.5 Å². The van der Waals surface area contributed by atoms with Crippen LogP contribution >= 0.6 is 0 Å². The summed E-state index contributed by atoms with van der Waals surface area (Å²) in [5.41, 5.74) is 7.03. The van der Waals surface area contributed by atoms with Gasteiger partial charge in [0.25, 0.3) is 5.91 Å². The van der Waals surface area contributed by atoms with Crippen molar-refractivity contribution in [2.45, 2.75) is 6.92 Å². The van der Waals surface area contributed by atoms with Crippen LogP contribution in [0.4, 0.5) is 0 Å². The van der Waals surface area contributed by atoms with E-state index in [0.29, 0.717) is 25.3 Å². The van der Waals surface area contributed by atoms with Crippen LogP contribution in [-0.4, -0.2) is 43.5 Å². The van der Waals surface area contributed by atoms with Crippen LogP contribution in [0, 0.1) is 18.8 Å². The van der Waals surface area contributed by atoms with Crippen molar-refractivity contribution in [3.8, 4) is 0 Å². The topological polar surface area (TPSA) is 72.6 Å². The van der Waals surface area contributed by atoms with Gasteiger partial charge in [-0.2, -0.15) is 0 Å². The highest BCUT2D eigenvalue weighted by Crippen LogP contribution is 2.25. The molecule has 0 unspecified atom stereocenters. The average Bonchev–Trinajstić information content (AvgIpc) is 2.83. The highest BCUT2D eigenvalue weighted by molar-refractivity contribution is 5.96. The summed E-state index contributed by atoms with van der Waals surface area (Å²) in [5, 5.41) is 0. The summed E-state index contributed by atoms with van der Waals surface area (Å²) in [6.07, 6.45) is 0. The number of primary amides is 1. The summed E-state index contributed by atoms with van der Waals surface area (Å²) in [6, 6.07) is 7.45. The van der Waals surface area contributed by atoms with Crippen LogP contribution in [0.2, 0.25) is 0 Å². The minimum atomic E-state index is -0.368. The lowest BCUT2D eigenvalue weighted by molar-refractivity contribution is -0.122. The molecule has 2 N–H and O–H groups in total. The number of likely N-dealkylation sites (tertiary alicyclic amines) is 1. The number of nitrogens with two attached hydrogens (primary N) is 1. The Morgan fingerprint density at radius 3 is 2.65 bits per heavy atom. The van der Waals surface area contributed by atoms with Gasteiger partial charge in [0.1, 0.15) is 0 Å². The number of amides is 2. The number of benzene rings is 1. The Morgan fingerprint density at radius 1 is 1.35 bits per heavy atom. The number of ether oxygens (including phenoxy) is 1. The number of carbonyl (C=O) groups is 2. The summed E-state index contributed by atoms with van der Waals surface area (Å²) in [6.45, 7) is 3.22. The third-order valence-corrected chi connectivity index (χ3v) is 3.85. The Morgan fingerprint density at radius 2 is 2.05 bits per heavy atom. The van der Waals surface area contributed by atoms with Crippen molar-refractivity contribution in [3.63, 3.8) is 0 Å². The maximum atomic E-state index is 12.5. The number of carbonyl (C=O) groups excluding carboxylic acids is 2. The third kappa shape index (κ3) is 2.82. The Hall–Kier alpha value is -1.88. The second-order valence-corrected chi connectivity index (χ2v) is 5.25. The van der Waals surface area contributed by atoms with E-state index in [4.69, 9.17) is 10.5 Å². The molecular weight excluding hydrogens is 256 g/mol. The van der Waals surface area contributed by atoms with Crippen molar-refractivity contribution >= 4 is 11.8 Å². The predicted octanol–water partition coefficient (Wildman–Crippen LogP) is 0.815. The number of hydrogen-bond donors (Lipinski definition) is 1. The van der Waals surface area contributed by atoms with Crippen LogP contribution in [0.25, 0.3) is 0 Å². The summed E-state index contributed by atoms with van der Waals surface area (Å²) in [7, 11) is 1.59. The van der Waals surface area contributed by atoms with Crippen molar-refractivity contribution in [3.05, 3.63) is 35.4 Å². The number of rotatable bonds is 4. The largest absolute Gasteiger partial charge is 0.384 e. The van der Waals surface area contributed by atoms with Crippen LogP contribution in [0.3, 0.4) is 0 Å². The molecule has 1 fully saturated rings. The van der Waals surface area contributed by atoms with E-state index < -0.39 is 0 Å².